The Kier molecular flexibility index (Phi) is 4.14. The van der Waals surface area contributed by atoms with Crippen LogP contribution in [0.1, 0.15) is 51.1 Å². The Hall–Kier alpha value is -1.09. The normalized spacial score (nSPS) is 23.9. The average molecular weight is 265 g/mol. The van der Waals surface area contributed by atoms with Crippen molar-refractivity contribution in [3.8, 4) is 5.75 Å². The van der Waals surface area contributed by atoms with Gasteiger partial charge in [-0.05, 0) is 41.9 Å². The maximum absolute atomic E-state index is 13.8. The molecule has 1 aromatic carbocycles. The fraction of sp³-hybridized carbons (Fsp3) is 0.625. The molecule has 2 atom stereocenters. The first kappa shape index (κ1) is 14.3. The van der Waals surface area contributed by atoms with Crippen LogP contribution < -0.4 is 10.5 Å². The molecule has 19 heavy (non-hydrogen) atoms. The molecule has 1 saturated carbocycles. The van der Waals surface area contributed by atoms with Crippen LogP contribution in [0.25, 0.3) is 0 Å². The van der Waals surface area contributed by atoms with Gasteiger partial charge in [0.2, 0.25) is 0 Å². The van der Waals surface area contributed by atoms with Gasteiger partial charge in [0.1, 0.15) is 0 Å². The summed E-state index contributed by atoms with van der Waals surface area (Å²) in [7, 11) is 1.47. The first-order valence-electron chi connectivity index (χ1n) is 7.05. The number of nitrogens with two attached hydrogens (primary N) is 1. The minimum atomic E-state index is -0.330. The van der Waals surface area contributed by atoms with Crippen molar-refractivity contribution in [3.05, 3.63) is 29.6 Å². The van der Waals surface area contributed by atoms with Crippen LogP contribution in [-0.2, 0) is 0 Å². The lowest BCUT2D eigenvalue weighted by Crippen LogP contribution is -2.36. The molecule has 106 valence electrons. The van der Waals surface area contributed by atoms with Crippen LogP contribution in [0.15, 0.2) is 18.2 Å². The lowest BCUT2D eigenvalue weighted by atomic mass is 9.65. The van der Waals surface area contributed by atoms with Crippen LogP contribution >= 0.6 is 0 Å². The minimum absolute atomic E-state index is 0.101. The zero-order valence-corrected chi connectivity index (χ0v) is 12.1. The smallest absolute Gasteiger partial charge is 0.165 e. The van der Waals surface area contributed by atoms with Gasteiger partial charge in [-0.15, -0.1) is 0 Å². The summed E-state index contributed by atoms with van der Waals surface area (Å²) in [4.78, 5) is 0. The van der Waals surface area contributed by atoms with Crippen molar-refractivity contribution in [2.75, 3.05) is 7.11 Å². The third-order valence-electron chi connectivity index (χ3n) is 4.58. The Balaban J connectivity index is 2.23. The van der Waals surface area contributed by atoms with Crippen LogP contribution in [0.3, 0.4) is 0 Å². The van der Waals surface area contributed by atoms with E-state index in [0.29, 0.717) is 5.92 Å². The number of halogens is 1. The van der Waals surface area contributed by atoms with Gasteiger partial charge in [0, 0.05) is 6.04 Å². The number of ether oxygens (including phenoxy) is 1. The van der Waals surface area contributed by atoms with E-state index in [1.54, 1.807) is 6.07 Å². The van der Waals surface area contributed by atoms with Crippen LogP contribution in [-0.4, -0.2) is 7.11 Å². The van der Waals surface area contributed by atoms with Crippen molar-refractivity contribution in [2.45, 2.75) is 45.6 Å². The Morgan fingerprint density at radius 3 is 2.68 bits per heavy atom. The molecule has 0 amide bonds. The Labute approximate surface area is 115 Å². The molecule has 3 heteroatoms. The van der Waals surface area contributed by atoms with Crippen LogP contribution in [0.4, 0.5) is 4.39 Å². The van der Waals surface area contributed by atoms with Crippen LogP contribution in [0.5, 0.6) is 5.75 Å². The molecule has 1 aliphatic rings. The van der Waals surface area contributed by atoms with Crippen molar-refractivity contribution >= 4 is 0 Å². The molecule has 0 aromatic heterocycles. The molecule has 0 bridgehead atoms. The van der Waals surface area contributed by atoms with Gasteiger partial charge < -0.3 is 10.5 Å². The van der Waals surface area contributed by atoms with E-state index >= 15 is 0 Å². The Morgan fingerprint density at radius 2 is 2.11 bits per heavy atom. The second kappa shape index (κ2) is 5.49. The Morgan fingerprint density at radius 1 is 1.37 bits per heavy atom. The fourth-order valence-electron chi connectivity index (χ4n) is 3.31. The average Bonchev–Trinajstić information content (AvgIpc) is 2.37. The molecule has 2 rings (SSSR count). The molecule has 0 aliphatic heterocycles. The number of benzene rings is 1. The van der Waals surface area contributed by atoms with E-state index in [1.807, 2.05) is 6.07 Å². The van der Waals surface area contributed by atoms with E-state index in [1.165, 1.54) is 32.4 Å². The predicted molar refractivity (Wildman–Crippen MR) is 75.6 cm³/mol. The summed E-state index contributed by atoms with van der Waals surface area (Å²) in [5.41, 5.74) is 7.50. The third-order valence-corrected chi connectivity index (χ3v) is 4.58. The maximum atomic E-state index is 13.8. The molecule has 0 spiro atoms. The molecular weight excluding hydrogens is 241 g/mol. The first-order chi connectivity index (χ1) is 8.95. The molecule has 0 heterocycles. The molecule has 1 fully saturated rings. The summed E-state index contributed by atoms with van der Waals surface area (Å²) in [5.74, 6) is 0.358. The summed E-state index contributed by atoms with van der Waals surface area (Å²) >= 11 is 0. The van der Waals surface area contributed by atoms with E-state index in [2.05, 4.69) is 13.8 Å². The zero-order valence-electron chi connectivity index (χ0n) is 12.1. The lowest BCUT2D eigenvalue weighted by Gasteiger charge is -2.42. The maximum Gasteiger partial charge on any atom is 0.165 e. The molecule has 2 N–H and O–H groups in total. The quantitative estimate of drug-likeness (QED) is 0.894. The summed E-state index contributed by atoms with van der Waals surface area (Å²) < 4.78 is 18.7. The second-order valence-corrected chi connectivity index (χ2v) is 6.26. The summed E-state index contributed by atoms with van der Waals surface area (Å²) in [5, 5.41) is 0. The lowest BCUT2D eigenvalue weighted by molar-refractivity contribution is 0.112. The standard InChI is InChI=1S/C16H24FNO/c1-16(2)9-5-4-6-12(16)15(18)11-7-8-14(19-3)13(17)10-11/h7-8,10,12,15H,4-6,9,18H2,1-3H3. The zero-order chi connectivity index (χ0) is 14.0. The van der Waals surface area contributed by atoms with Crippen LogP contribution in [0.2, 0.25) is 0 Å². The van der Waals surface area contributed by atoms with Gasteiger partial charge in [-0.3, -0.25) is 0 Å². The molecular formula is C16H24FNO. The monoisotopic (exact) mass is 265 g/mol. The summed E-state index contributed by atoms with van der Waals surface area (Å²) in [6, 6.07) is 4.97. The van der Waals surface area contributed by atoms with Crippen molar-refractivity contribution in [2.24, 2.45) is 17.1 Å². The van der Waals surface area contributed by atoms with Gasteiger partial charge >= 0.3 is 0 Å². The van der Waals surface area contributed by atoms with Crippen molar-refractivity contribution < 1.29 is 9.13 Å². The molecule has 2 unspecified atom stereocenters. The van der Waals surface area contributed by atoms with E-state index in [9.17, 15) is 4.39 Å². The predicted octanol–water partition coefficient (Wildman–Crippen LogP) is 4.05. The molecule has 2 nitrogen and oxygen atoms in total. The van der Waals surface area contributed by atoms with E-state index in [4.69, 9.17) is 10.5 Å². The van der Waals surface area contributed by atoms with E-state index in [0.717, 1.165) is 12.0 Å². The second-order valence-electron chi connectivity index (χ2n) is 6.26. The largest absolute Gasteiger partial charge is 0.494 e. The highest BCUT2D eigenvalue weighted by molar-refractivity contribution is 5.31. The third kappa shape index (κ3) is 2.92. The highest BCUT2D eigenvalue weighted by Gasteiger charge is 2.36. The van der Waals surface area contributed by atoms with Crippen LogP contribution in [0, 0.1) is 17.2 Å². The topological polar surface area (TPSA) is 35.2 Å². The van der Waals surface area contributed by atoms with Gasteiger partial charge in [0.05, 0.1) is 7.11 Å². The van der Waals surface area contributed by atoms with Crippen molar-refractivity contribution in [1.82, 2.24) is 0 Å². The van der Waals surface area contributed by atoms with E-state index < -0.39 is 0 Å². The number of hydrogen-bond acceptors (Lipinski definition) is 2. The minimum Gasteiger partial charge on any atom is -0.494 e. The first-order valence-corrected chi connectivity index (χ1v) is 7.05. The van der Waals surface area contributed by atoms with Gasteiger partial charge in [0.25, 0.3) is 0 Å². The van der Waals surface area contributed by atoms with Gasteiger partial charge in [-0.1, -0.05) is 32.8 Å². The molecule has 1 aromatic rings. The number of methoxy groups -OCH3 is 1. The Bertz CT molecular complexity index is 444. The van der Waals surface area contributed by atoms with Crippen molar-refractivity contribution in [1.29, 1.82) is 0 Å². The van der Waals surface area contributed by atoms with Gasteiger partial charge in [-0.2, -0.15) is 0 Å². The van der Waals surface area contributed by atoms with Gasteiger partial charge in [-0.25, -0.2) is 4.39 Å². The molecule has 1 aliphatic carbocycles. The SMILES string of the molecule is COc1ccc(C(N)C2CCCCC2(C)C)cc1F. The summed E-state index contributed by atoms with van der Waals surface area (Å²) in [6.45, 7) is 4.55. The highest BCUT2D eigenvalue weighted by atomic mass is 19.1. The molecule has 0 saturated heterocycles. The number of rotatable bonds is 3. The van der Waals surface area contributed by atoms with Gasteiger partial charge in [0.15, 0.2) is 11.6 Å². The highest BCUT2D eigenvalue weighted by Crippen LogP contribution is 2.46. The molecule has 0 radical (unpaired) electrons. The van der Waals surface area contributed by atoms with Crippen molar-refractivity contribution in [3.63, 3.8) is 0 Å². The summed E-state index contributed by atoms with van der Waals surface area (Å²) in [6.07, 6.45) is 4.82. The van der Waals surface area contributed by atoms with E-state index in [-0.39, 0.29) is 23.0 Å². The fourth-order valence-corrected chi connectivity index (χ4v) is 3.31. The number of hydrogen-bond donors (Lipinski definition) is 1.